The van der Waals surface area contributed by atoms with Gasteiger partial charge in [-0.1, -0.05) is 0 Å². The van der Waals surface area contributed by atoms with Crippen molar-refractivity contribution in [1.29, 1.82) is 0 Å². The fourth-order valence-corrected chi connectivity index (χ4v) is 3.53. The van der Waals surface area contributed by atoms with Gasteiger partial charge in [0, 0.05) is 0 Å². The molecule has 0 bridgehead atoms. The summed E-state index contributed by atoms with van der Waals surface area (Å²) < 4.78 is 63.8. The van der Waals surface area contributed by atoms with E-state index >= 15 is 0 Å². The number of rotatable bonds is 5. The van der Waals surface area contributed by atoms with E-state index in [1.807, 2.05) is 0 Å². The van der Waals surface area contributed by atoms with Crippen LogP contribution >= 0.6 is 0 Å². The van der Waals surface area contributed by atoms with E-state index in [-0.39, 0.29) is 0 Å². The monoisotopic (exact) mass is 434 g/mol. The summed E-state index contributed by atoms with van der Waals surface area (Å²) in [5.41, 5.74) is -3.20. The molecule has 0 amide bonds. The predicted molar refractivity (Wildman–Crippen MR) is 88.8 cm³/mol. The molecule has 14 heteroatoms. The van der Waals surface area contributed by atoms with E-state index in [1.54, 1.807) is 0 Å². The molecular formula is C14H10O12S2. The van der Waals surface area contributed by atoms with Crippen molar-refractivity contribution in [2.45, 2.75) is 9.79 Å². The van der Waals surface area contributed by atoms with Crippen LogP contribution in [-0.4, -0.2) is 58.3 Å². The summed E-state index contributed by atoms with van der Waals surface area (Å²) in [6.45, 7) is 0. The molecule has 0 unspecified atom stereocenters. The van der Waals surface area contributed by atoms with Gasteiger partial charge in [-0.3, -0.25) is 9.11 Å². The number of aromatic hydroxyl groups is 2. The summed E-state index contributed by atoms with van der Waals surface area (Å²) in [7, 11) is -10.2. The molecule has 0 fully saturated rings. The zero-order valence-electron chi connectivity index (χ0n) is 13.3. The van der Waals surface area contributed by atoms with Gasteiger partial charge in [-0.25, -0.2) is 9.59 Å². The Morgan fingerprint density at radius 3 is 1.14 bits per heavy atom. The van der Waals surface area contributed by atoms with Crippen molar-refractivity contribution in [2.24, 2.45) is 0 Å². The number of carboxylic acid groups (broad SMARTS) is 2. The maximum absolute atomic E-state index is 11.5. The van der Waals surface area contributed by atoms with E-state index < -0.39 is 75.7 Å². The Morgan fingerprint density at radius 1 is 0.643 bits per heavy atom. The lowest BCUT2D eigenvalue weighted by Gasteiger charge is -2.14. The van der Waals surface area contributed by atoms with Crippen molar-refractivity contribution < 1.29 is 56.0 Å². The van der Waals surface area contributed by atoms with Gasteiger partial charge in [-0.2, -0.15) is 16.8 Å². The fraction of sp³-hybridized carbons (Fsp3) is 0. The van der Waals surface area contributed by atoms with Crippen LogP contribution in [-0.2, 0) is 20.2 Å². The molecule has 12 nitrogen and oxygen atoms in total. The lowest BCUT2D eigenvalue weighted by molar-refractivity contribution is 0.0684. The fourth-order valence-electron chi connectivity index (χ4n) is 2.35. The first-order valence-electron chi connectivity index (χ1n) is 6.80. The van der Waals surface area contributed by atoms with Crippen LogP contribution in [0.15, 0.2) is 34.1 Å². The van der Waals surface area contributed by atoms with Crippen LogP contribution in [0.25, 0.3) is 11.1 Å². The molecule has 2 aromatic carbocycles. The Morgan fingerprint density at radius 2 is 0.929 bits per heavy atom. The number of phenols is 2. The van der Waals surface area contributed by atoms with Gasteiger partial charge in [0.2, 0.25) is 0 Å². The number of hydrogen-bond acceptors (Lipinski definition) is 8. The van der Waals surface area contributed by atoms with Crippen molar-refractivity contribution in [1.82, 2.24) is 0 Å². The van der Waals surface area contributed by atoms with Gasteiger partial charge in [0.15, 0.2) is 0 Å². The Bertz CT molecular complexity index is 1130. The highest BCUT2D eigenvalue weighted by atomic mass is 32.2. The molecule has 0 saturated carbocycles. The van der Waals surface area contributed by atoms with Crippen LogP contribution in [0.1, 0.15) is 20.7 Å². The minimum Gasteiger partial charge on any atom is -0.506 e. The minimum atomic E-state index is -5.09. The number of phenolic OH excluding ortho intramolecular Hbond substituents is 2. The second-order valence-corrected chi connectivity index (χ2v) is 8.07. The van der Waals surface area contributed by atoms with E-state index in [1.165, 1.54) is 0 Å². The number of carbonyl (C=O) groups is 2. The summed E-state index contributed by atoms with van der Waals surface area (Å²) in [6.07, 6.45) is 0. The lowest BCUT2D eigenvalue weighted by atomic mass is 9.94. The van der Waals surface area contributed by atoms with Gasteiger partial charge in [-0.05, 0) is 35.4 Å². The molecule has 0 aliphatic rings. The van der Waals surface area contributed by atoms with Crippen molar-refractivity contribution in [3.63, 3.8) is 0 Å². The number of benzene rings is 2. The molecule has 0 saturated heterocycles. The van der Waals surface area contributed by atoms with Crippen LogP contribution in [0, 0.1) is 0 Å². The highest BCUT2D eigenvalue weighted by molar-refractivity contribution is 7.86. The Balaban J connectivity index is 3.09. The first-order chi connectivity index (χ1) is 12.6. The first-order valence-corrected chi connectivity index (χ1v) is 9.68. The second-order valence-electron chi connectivity index (χ2n) is 5.29. The maximum Gasteiger partial charge on any atom is 0.336 e. The highest BCUT2D eigenvalue weighted by Crippen LogP contribution is 2.38. The first kappa shape index (κ1) is 21.1. The molecule has 0 aliphatic heterocycles. The van der Waals surface area contributed by atoms with Gasteiger partial charge in [0.25, 0.3) is 20.2 Å². The van der Waals surface area contributed by atoms with Crippen LogP contribution in [0.2, 0.25) is 0 Å². The van der Waals surface area contributed by atoms with Gasteiger partial charge >= 0.3 is 11.9 Å². The smallest absolute Gasteiger partial charge is 0.336 e. The van der Waals surface area contributed by atoms with Gasteiger partial charge in [0.05, 0.1) is 11.1 Å². The molecule has 0 spiro atoms. The van der Waals surface area contributed by atoms with Crippen LogP contribution < -0.4 is 0 Å². The Kier molecular flexibility index (Phi) is 5.09. The standard InChI is InChI=1S/C14H10O12S2/c15-9-1-7(13(17)18)5(3-11(9)27(21,22)23)6-4-12(28(24,25)26)10(16)2-8(6)14(19)20/h1-4,15-16H,(H,17,18)(H,19,20)(H,21,22,23)(H,24,25,26). The second kappa shape index (κ2) is 6.75. The quantitative estimate of drug-likeness (QED) is 0.357. The number of hydrogen-bond donors (Lipinski definition) is 6. The van der Waals surface area contributed by atoms with Crippen molar-refractivity contribution in [2.75, 3.05) is 0 Å². The molecule has 0 aromatic heterocycles. The summed E-state index contributed by atoms with van der Waals surface area (Å²) in [6, 6.07) is 1.60. The zero-order chi connectivity index (χ0) is 21.6. The molecule has 0 heterocycles. The molecule has 150 valence electrons. The predicted octanol–water partition coefficient (Wildman–Crippen LogP) is 0.655. The van der Waals surface area contributed by atoms with E-state index in [0.717, 1.165) is 0 Å². The average molecular weight is 434 g/mol. The summed E-state index contributed by atoms with van der Waals surface area (Å²) in [5, 5.41) is 37.9. The molecule has 0 atom stereocenters. The van der Waals surface area contributed by atoms with E-state index in [4.69, 9.17) is 9.11 Å². The average Bonchev–Trinajstić information content (AvgIpc) is 2.52. The lowest BCUT2D eigenvalue weighted by Crippen LogP contribution is -2.09. The molecule has 2 rings (SSSR count). The highest BCUT2D eigenvalue weighted by Gasteiger charge is 2.27. The Labute approximate surface area is 156 Å². The molecule has 0 aliphatic carbocycles. The number of aromatic carboxylic acids is 2. The van der Waals surface area contributed by atoms with Gasteiger partial charge in [-0.15, -0.1) is 0 Å². The third-order valence-electron chi connectivity index (χ3n) is 3.51. The van der Waals surface area contributed by atoms with Gasteiger partial charge < -0.3 is 20.4 Å². The van der Waals surface area contributed by atoms with E-state index in [0.29, 0.717) is 24.3 Å². The normalized spacial score (nSPS) is 11.9. The summed E-state index contributed by atoms with van der Waals surface area (Å²) in [5.74, 6) is -5.89. The topological polar surface area (TPSA) is 224 Å². The van der Waals surface area contributed by atoms with Crippen molar-refractivity contribution >= 4 is 32.2 Å². The number of carboxylic acids is 2. The molecule has 28 heavy (non-hydrogen) atoms. The molecule has 6 N–H and O–H groups in total. The van der Waals surface area contributed by atoms with Crippen molar-refractivity contribution in [3.05, 3.63) is 35.4 Å². The third kappa shape index (κ3) is 3.89. The summed E-state index contributed by atoms with van der Waals surface area (Å²) >= 11 is 0. The minimum absolute atomic E-state index is 0.395. The van der Waals surface area contributed by atoms with Crippen LogP contribution in [0.5, 0.6) is 11.5 Å². The SMILES string of the molecule is O=C(O)c1cc(O)c(S(=O)(=O)O)cc1-c1cc(S(=O)(=O)O)c(O)cc1C(=O)O. The Hall–Kier alpha value is -3.20. The summed E-state index contributed by atoms with van der Waals surface area (Å²) in [4.78, 5) is 20.5. The third-order valence-corrected chi connectivity index (χ3v) is 5.27. The molecular weight excluding hydrogens is 424 g/mol. The van der Waals surface area contributed by atoms with E-state index in [9.17, 15) is 46.9 Å². The van der Waals surface area contributed by atoms with Crippen molar-refractivity contribution in [3.8, 4) is 22.6 Å². The van der Waals surface area contributed by atoms with Crippen LogP contribution in [0.3, 0.4) is 0 Å². The van der Waals surface area contributed by atoms with Crippen LogP contribution in [0.4, 0.5) is 0 Å². The largest absolute Gasteiger partial charge is 0.506 e. The van der Waals surface area contributed by atoms with E-state index in [2.05, 4.69) is 0 Å². The molecule has 0 radical (unpaired) electrons. The zero-order valence-corrected chi connectivity index (χ0v) is 14.9. The maximum atomic E-state index is 11.5. The van der Waals surface area contributed by atoms with Gasteiger partial charge in [0.1, 0.15) is 21.3 Å². The molecule has 2 aromatic rings.